The van der Waals surface area contributed by atoms with Gasteiger partial charge < -0.3 is 15.3 Å². The minimum absolute atomic E-state index is 0.0180. The highest BCUT2D eigenvalue weighted by molar-refractivity contribution is 6.17. The van der Waals surface area contributed by atoms with Gasteiger partial charge in [0.25, 0.3) is 0 Å². The fraction of sp³-hybridized carbons (Fsp3) is 0.500. The molecule has 1 aromatic rings. The number of allylic oxidation sites excluding steroid dienone is 1. The number of benzene rings is 1. The summed E-state index contributed by atoms with van der Waals surface area (Å²) in [5.41, 5.74) is -0.317. The van der Waals surface area contributed by atoms with Crippen LogP contribution in [0.3, 0.4) is 0 Å². The zero-order chi connectivity index (χ0) is 23.1. The maximum absolute atomic E-state index is 13.2. The van der Waals surface area contributed by atoms with Crippen LogP contribution in [0.5, 0.6) is 5.75 Å². The average Bonchev–Trinajstić information content (AvgIpc) is 2.62. The molecule has 168 valence electrons. The van der Waals surface area contributed by atoms with Crippen LogP contribution in [-0.4, -0.2) is 45.5 Å². The number of aromatic hydroxyl groups is 1. The smallest absolute Gasteiger partial charge is 0.393 e. The van der Waals surface area contributed by atoms with E-state index in [1.807, 2.05) is 0 Å². The summed E-state index contributed by atoms with van der Waals surface area (Å²) >= 11 is 0. The largest absolute Gasteiger partial charge is 0.507 e. The van der Waals surface area contributed by atoms with E-state index in [9.17, 15) is 42.9 Å². The van der Waals surface area contributed by atoms with Gasteiger partial charge in [-0.3, -0.25) is 14.4 Å². The zero-order valence-electron chi connectivity index (χ0n) is 16.8. The molecule has 0 aliphatic heterocycles. The second-order valence-corrected chi connectivity index (χ2v) is 8.25. The van der Waals surface area contributed by atoms with E-state index in [2.05, 4.69) is 0 Å². The Hall–Kier alpha value is -2.68. The van der Waals surface area contributed by atoms with Crippen molar-refractivity contribution in [3.63, 3.8) is 0 Å². The summed E-state index contributed by atoms with van der Waals surface area (Å²) in [6.45, 7) is 0.902. The maximum atomic E-state index is 13.2. The highest BCUT2D eigenvalue weighted by Crippen LogP contribution is 2.48. The Balaban J connectivity index is 2.11. The molecule has 0 amide bonds. The van der Waals surface area contributed by atoms with Crippen molar-refractivity contribution in [2.45, 2.75) is 45.2 Å². The van der Waals surface area contributed by atoms with Crippen molar-refractivity contribution < 1.29 is 42.9 Å². The van der Waals surface area contributed by atoms with Gasteiger partial charge in [-0.05, 0) is 55.2 Å². The maximum Gasteiger partial charge on any atom is 0.393 e. The van der Waals surface area contributed by atoms with Crippen LogP contribution in [0.2, 0.25) is 0 Å². The molecule has 0 saturated heterocycles. The van der Waals surface area contributed by atoms with Gasteiger partial charge in [-0.2, -0.15) is 13.2 Å². The molecule has 3 atom stereocenters. The fourth-order valence-corrected chi connectivity index (χ4v) is 4.85. The number of phenolic OH excluding ortho intramolecular Hbond substituents is 1. The third-order valence-electron chi connectivity index (χ3n) is 6.01. The Kier molecular flexibility index (Phi) is 6.27. The summed E-state index contributed by atoms with van der Waals surface area (Å²) in [6, 6.07) is 2.19. The number of aliphatic hydroxyl groups is 2. The highest BCUT2D eigenvalue weighted by atomic mass is 19.4. The molecule has 0 radical (unpaired) electrons. The minimum Gasteiger partial charge on any atom is -0.507 e. The number of ketones is 3. The number of phenols is 1. The van der Waals surface area contributed by atoms with Gasteiger partial charge in [0.1, 0.15) is 17.3 Å². The monoisotopic (exact) mass is 440 g/mol. The van der Waals surface area contributed by atoms with E-state index in [0.29, 0.717) is 0 Å². The Labute approximate surface area is 176 Å². The fourth-order valence-electron chi connectivity index (χ4n) is 4.85. The van der Waals surface area contributed by atoms with Gasteiger partial charge in [-0.15, -0.1) is 0 Å². The van der Waals surface area contributed by atoms with Gasteiger partial charge in [-0.1, -0.05) is 6.07 Å². The van der Waals surface area contributed by atoms with Crippen LogP contribution < -0.4 is 0 Å². The first kappa shape index (κ1) is 23.0. The molecule has 31 heavy (non-hydrogen) atoms. The van der Waals surface area contributed by atoms with Crippen LogP contribution in [-0.2, 0) is 27.2 Å². The van der Waals surface area contributed by atoms with Crippen LogP contribution in [0.4, 0.5) is 13.2 Å². The standard InChI is InChI=1S/C22H23F3O6/c1-10(27)6-16(29)17-11(4-5-26)7-13-8-14-12(9-22(23,24)25)2-3-15(28)19(14)21(31)18(13)20(17)30/h2-3,11,13,17,26,28,31H,4-9H2,1H3. The van der Waals surface area contributed by atoms with Crippen LogP contribution in [0, 0.1) is 17.8 Å². The number of rotatable bonds is 6. The Morgan fingerprint density at radius 1 is 1.19 bits per heavy atom. The number of carbonyl (C=O) groups is 3. The first-order valence-electron chi connectivity index (χ1n) is 9.95. The predicted octanol–water partition coefficient (Wildman–Crippen LogP) is 3.07. The minimum atomic E-state index is -4.50. The first-order valence-corrected chi connectivity index (χ1v) is 9.95. The summed E-state index contributed by atoms with van der Waals surface area (Å²) in [4.78, 5) is 37.2. The molecule has 3 unspecified atom stereocenters. The molecule has 1 saturated carbocycles. The number of hydrogen-bond acceptors (Lipinski definition) is 6. The second kappa shape index (κ2) is 8.45. The SMILES string of the molecule is CC(=O)CC(=O)C1C(=O)C2=C(O)c3c(O)ccc(CC(F)(F)F)c3CC2CC1CCO. The number of hydrogen-bond donors (Lipinski definition) is 3. The van der Waals surface area contributed by atoms with Crippen molar-refractivity contribution in [1.82, 2.24) is 0 Å². The summed E-state index contributed by atoms with van der Waals surface area (Å²) in [5, 5.41) is 30.4. The van der Waals surface area contributed by atoms with Crippen molar-refractivity contribution in [2.24, 2.45) is 17.8 Å². The van der Waals surface area contributed by atoms with Crippen molar-refractivity contribution in [3.8, 4) is 5.75 Å². The number of Topliss-reactive ketones (excluding diaryl/α,β-unsaturated/α-hetero) is 3. The molecule has 2 aliphatic rings. The number of carbonyl (C=O) groups excluding carboxylic acids is 3. The third-order valence-corrected chi connectivity index (χ3v) is 6.01. The van der Waals surface area contributed by atoms with Gasteiger partial charge in [0.2, 0.25) is 0 Å². The number of halogens is 3. The lowest BCUT2D eigenvalue weighted by molar-refractivity contribution is -0.137. The molecule has 0 heterocycles. The molecule has 0 bridgehead atoms. The molecule has 3 rings (SSSR count). The van der Waals surface area contributed by atoms with Crippen LogP contribution in [0.15, 0.2) is 17.7 Å². The van der Waals surface area contributed by atoms with E-state index in [1.54, 1.807) is 0 Å². The lowest BCUT2D eigenvalue weighted by Crippen LogP contribution is -2.43. The Morgan fingerprint density at radius 2 is 1.87 bits per heavy atom. The van der Waals surface area contributed by atoms with Crippen molar-refractivity contribution in [1.29, 1.82) is 0 Å². The van der Waals surface area contributed by atoms with Gasteiger partial charge in [0.15, 0.2) is 11.6 Å². The van der Waals surface area contributed by atoms with E-state index < -0.39 is 65.6 Å². The van der Waals surface area contributed by atoms with Crippen molar-refractivity contribution >= 4 is 23.1 Å². The number of fused-ring (bicyclic) bond motifs is 2. The zero-order valence-corrected chi connectivity index (χ0v) is 16.8. The Bertz CT molecular complexity index is 963. The molecule has 2 aliphatic carbocycles. The first-order chi connectivity index (χ1) is 14.4. The van der Waals surface area contributed by atoms with E-state index in [4.69, 9.17) is 0 Å². The number of alkyl halides is 3. The van der Waals surface area contributed by atoms with Gasteiger partial charge >= 0.3 is 6.18 Å². The van der Waals surface area contributed by atoms with Crippen LogP contribution >= 0.6 is 0 Å². The third kappa shape index (κ3) is 4.51. The quantitative estimate of drug-likeness (QED) is 0.586. The normalized spacial score (nSPS) is 23.4. The summed E-state index contributed by atoms with van der Waals surface area (Å²) < 4.78 is 39.1. The lowest BCUT2D eigenvalue weighted by Gasteiger charge is -2.39. The van der Waals surface area contributed by atoms with Gasteiger partial charge in [-0.25, -0.2) is 0 Å². The lowest BCUT2D eigenvalue weighted by atomic mass is 9.63. The molecule has 3 N–H and O–H groups in total. The molecule has 9 heteroatoms. The molecule has 6 nitrogen and oxygen atoms in total. The van der Waals surface area contributed by atoms with E-state index in [1.165, 1.54) is 6.92 Å². The molecular formula is C22H23F3O6. The van der Waals surface area contributed by atoms with Crippen molar-refractivity contribution in [2.75, 3.05) is 6.61 Å². The molecule has 0 aromatic heterocycles. The number of aliphatic hydroxyl groups excluding tert-OH is 2. The summed E-state index contributed by atoms with van der Waals surface area (Å²) in [6.07, 6.45) is -5.95. The van der Waals surface area contributed by atoms with E-state index in [-0.39, 0.29) is 48.1 Å². The summed E-state index contributed by atoms with van der Waals surface area (Å²) in [5.74, 6) is -5.32. The predicted molar refractivity (Wildman–Crippen MR) is 103 cm³/mol. The highest BCUT2D eigenvalue weighted by Gasteiger charge is 2.47. The van der Waals surface area contributed by atoms with E-state index >= 15 is 0 Å². The molecule has 1 aromatic carbocycles. The van der Waals surface area contributed by atoms with Crippen LogP contribution in [0.25, 0.3) is 5.76 Å². The summed E-state index contributed by atoms with van der Waals surface area (Å²) in [7, 11) is 0. The van der Waals surface area contributed by atoms with E-state index in [0.717, 1.165) is 12.1 Å². The average molecular weight is 440 g/mol. The molecule has 1 fully saturated rings. The van der Waals surface area contributed by atoms with Crippen molar-refractivity contribution in [3.05, 3.63) is 34.4 Å². The van der Waals surface area contributed by atoms with Gasteiger partial charge in [0.05, 0.1) is 24.3 Å². The molecular weight excluding hydrogens is 417 g/mol. The van der Waals surface area contributed by atoms with Gasteiger partial charge in [0, 0.05) is 12.2 Å². The Morgan fingerprint density at radius 3 is 2.45 bits per heavy atom. The topological polar surface area (TPSA) is 112 Å². The van der Waals surface area contributed by atoms with Crippen LogP contribution in [0.1, 0.15) is 42.9 Å². The second-order valence-electron chi connectivity index (χ2n) is 8.25. The molecule has 0 spiro atoms.